The van der Waals surface area contributed by atoms with E-state index in [-0.39, 0.29) is 12.0 Å². The molecule has 0 spiro atoms. The molecule has 0 aromatic heterocycles. The molecule has 1 aliphatic rings. The number of ether oxygens (including phenoxy) is 1. The zero-order valence-electron chi connectivity index (χ0n) is 5.95. The summed E-state index contributed by atoms with van der Waals surface area (Å²) in [7, 11) is 0. The molecule has 2 unspecified atom stereocenters. The van der Waals surface area contributed by atoms with Crippen LogP contribution in [0, 0.1) is 5.92 Å². The lowest BCUT2D eigenvalue weighted by atomic mass is 10.1. The molecule has 0 heterocycles. The molecule has 0 bridgehead atoms. The van der Waals surface area contributed by atoms with Crippen LogP contribution in [0.1, 0.15) is 19.3 Å². The highest BCUT2D eigenvalue weighted by atomic mass is 16.5. The predicted molar refractivity (Wildman–Crippen MR) is 35.5 cm³/mol. The zero-order chi connectivity index (χ0) is 8.27. The second-order valence-electron chi connectivity index (χ2n) is 2.67. The highest BCUT2D eigenvalue weighted by molar-refractivity contribution is 5.70. The van der Waals surface area contributed by atoms with Gasteiger partial charge in [-0.25, -0.2) is 4.79 Å². The summed E-state index contributed by atoms with van der Waals surface area (Å²) in [5.41, 5.74) is 0. The molecule has 4 nitrogen and oxygen atoms in total. The fraction of sp³-hybridized carbons (Fsp3) is 0.714. The standard InChI is InChI=1S/C7H9O4/c8-4-11-6-2-1-5(3-6)7(9)10/h5-6H,1-3H2,(H,9,10). The van der Waals surface area contributed by atoms with Crippen LogP contribution in [0.3, 0.4) is 0 Å². The monoisotopic (exact) mass is 157 g/mol. The molecule has 1 radical (unpaired) electrons. The summed E-state index contributed by atoms with van der Waals surface area (Å²) < 4.78 is 4.51. The van der Waals surface area contributed by atoms with Crippen molar-refractivity contribution >= 4 is 12.4 Å². The van der Waals surface area contributed by atoms with E-state index in [0.717, 1.165) is 0 Å². The van der Waals surface area contributed by atoms with E-state index >= 15 is 0 Å². The number of rotatable bonds is 3. The number of hydrogen-bond acceptors (Lipinski definition) is 3. The van der Waals surface area contributed by atoms with Crippen LogP contribution in [0.5, 0.6) is 0 Å². The second kappa shape index (κ2) is 3.37. The molecule has 0 aliphatic heterocycles. The SMILES string of the molecule is O=[C]OC1CCC(C(=O)O)C1. The summed E-state index contributed by atoms with van der Waals surface area (Å²) >= 11 is 0. The Balaban J connectivity index is 2.34. The Hall–Kier alpha value is -1.06. The van der Waals surface area contributed by atoms with E-state index < -0.39 is 5.97 Å². The highest BCUT2D eigenvalue weighted by Gasteiger charge is 2.30. The number of carboxylic acids is 1. The van der Waals surface area contributed by atoms with Crippen molar-refractivity contribution in [2.24, 2.45) is 5.92 Å². The Morgan fingerprint density at radius 1 is 1.55 bits per heavy atom. The van der Waals surface area contributed by atoms with Crippen molar-refractivity contribution in [3.8, 4) is 0 Å². The molecule has 1 fully saturated rings. The van der Waals surface area contributed by atoms with E-state index in [1.54, 1.807) is 0 Å². The van der Waals surface area contributed by atoms with Crippen LogP contribution in [0.25, 0.3) is 0 Å². The van der Waals surface area contributed by atoms with E-state index in [2.05, 4.69) is 4.74 Å². The Morgan fingerprint density at radius 3 is 2.73 bits per heavy atom. The van der Waals surface area contributed by atoms with Crippen LogP contribution >= 0.6 is 0 Å². The number of carboxylic acid groups (broad SMARTS) is 1. The topological polar surface area (TPSA) is 63.6 Å². The first-order valence-electron chi connectivity index (χ1n) is 3.49. The van der Waals surface area contributed by atoms with E-state index in [4.69, 9.17) is 5.11 Å². The smallest absolute Gasteiger partial charge is 0.417 e. The summed E-state index contributed by atoms with van der Waals surface area (Å²) in [6.07, 6.45) is 1.45. The summed E-state index contributed by atoms with van der Waals surface area (Å²) in [6, 6.07) is 0. The minimum Gasteiger partial charge on any atom is -0.481 e. The summed E-state index contributed by atoms with van der Waals surface area (Å²) in [6.45, 7) is 1.33. The summed E-state index contributed by atoms with van der Waals surface area (Å²) in [5.74, 6) is -1.14. The number of aliphatic carboxylic acids is 1. The van der Waals surface area contributed by atoms with E-state index in [9.17, 15) is 9.59 Å². The van der Waals surface area contributed by atoms with Gasteiger partial charge in [-0.3, -0.25) is 4.79 Å². The average molecular weight is 157 g/mol. The highest BCUT2D eigenvalue weighted by Crippen LogP contribution is 2.27. The van der Waals surface area contributed by atoms with Crippen molar-refractivity contribution in [3.63, 3.8) is 0 Å². The van der Waals surface area contributed by atoms with Crippen LogP contribution in [0.2, 0.25) is 0 Å². The number of carbonyl (C=O) groups excluding carboxylic acids is 1. The summed E-state index contributed by atoms with van der Waals surface area (Å²) in [4.78, 5) is 20.1. The van der Waals surface area contributed by atoms with Crippen LogP contribution < -0.4 is 0 Å². The third kappa shape index (κ3) is 1.93. The van der Waals surface area contributed by atoms with Crippen molar-refractivity contribution in [1.82, 2.24) is 0 Å². The van der Waals surface area contributed by atoms with E-state index in [1.807, 2.05) is 0 Å². The Labute approximate surface area is 64.2 Å². The molecule has 0 saturated heterocycles. The fourth-order valence-corrected chi connectivity index (χ4v) is 1.34. The predicted octanol–water partition coefficient (Wildman–Crippen LogP) is 0.323. The average Bonchev–Trinajstić information content (AvgIpc) is 2.37. The first kappa shape index (κ1) is 8.04. The van der Waals surface area contributed by atoms with Gasteiger partial charge in [0.15, 0.2) is 0 Å². The van der Waals surface area contributed by atoms with Crippen molar-refractivity contribution in [2.75, 3.05) is 0 Å². The number of carbonyl (C=O) groups is 1. The van der Waals surface area contributed by atoms with Gasteiger partial charge in [0.05, 0.1) is 5.92 Å². The largest absolute Gasteiger partial charge is 0.481 e. The molecule has 61 valence electrons. The van der Waals surface area contributed by atoms with Gasteiger partial charge in [0.1, 0.15) is 6.10 Å². The van der Waals surface area contributed by atoms with Crippen LogP contribution in [-0.4, -0.2) is 23.7 Å². The molecule has 0 amide bonds. The second-order valence-corrected chi connectivity index (χ2v) is 2.67. The molecule has 2 atom stereocenters. The molecule has 1 aliphatic carbocycles. The minimum atomic E-state index is -0.804. The summed E-state index contributed by atoms with van der Waals surface area (Å²) in [5, 5.41) is 8.55. The molecular formula is C7H9O4. The Morgan fingerprint density at radius 2 is 2.27 bits per heavy atom. The van der Waals surface area contributed by atoms with Crippen molar-refractivity contribution in [3.05, 3.63) is 0 Å². The molecular weight excluding hydrogens is 148 g/mol. The van der Waals surface area contributed by atoms with Gasteiger partial charge in [0.25, 0.3) is 0 Å². The first-order valence-corrected chi connectivity index (χ1v) is 3.49. The lowest BCUT2D eigenvalue weighted by Gasteiger charge is -2.04. The molecule has 11 heavy (non-hydrogen) atoms. The third-order valence-corrected chi connectivity index (χ3v) is 1.95. The molecule has 0 aromatic carbocycles. The Kier molecular flexibility index (Phi) is 2.46. The zero-order valence-corrected chi connectivity index (χ0v) is 5.95. The molecule has 1 saturated carbocycles. The third-order valence-electron chi connectivity index (χ3n) is 1.95. The van der Waals surface area contributed by atoms with E-state index in [1.165, 1.54) is 6.47 Å². The van der Waals surface area contributed by atoms with Gasteiger partial charge in [-0.05, 0) is 19.3 Å². The van der Waals surface area contributed by atoms with Gasteiger partial charge < -0.3 is 9.84 Å². The maximum atomic E-state index is 10.4. The van der Waals surface area contributed by atoms with Gasteiger partial charge in [-0.15, -0.1) is 0 Å². The van der Waals surface area contributed by atoms with Crippen molar-refractivity contribution < 1.29 is 19.4 Å². The minimum absolute atomic E-state index is 0.228. The molecule has 1 N–H and O–H groups in total. The lowest BCUT2D eigenvalue weighted by molar-refractivity contribution is -0.141. The molecule has 1 rings (SSSR count). The quantitative estimate of drug-likeness (QED) is 0.640. The van der Waals surface area contributed by atoms with Gasteiger partial charge in [-0.1, -0.05) is 0 Å². The Bertz CT molecular complexity index is 166. The van der Waals surface area contributed by atoms with Crippen molar-refractivity contribution in [2.45, 2.75) is 25.4 Å². The number of hydrogen-bond donors (Lipinski definition) is 1. The van der Waals surface area contributed by atoms with Gasteiger partial charge >= 0.3 is 12.4 Å². The fourth-order valence-electron chi connectivity index (χ4n) is 1.34. The first-order chi connectivity index (χ1) is 5.24. The maximum Gasteiger partial charge on any atom is 0.417 e. The van der Waals surface area contributed by atoms with E-state index in [0.29, 0.717) is 19.3 Å². The maximum absolute atomic E-state index is 10.4. The van der Waals surface area contributed by atoms with Crippen LogP contribution in [-0.2, 0) is 14.3 Å². The van der Waals surface area contributed by atoms with Crippen molar-refractivity contribution in [1.29, 1.82) is 0 Å². The molecule has 4 heteroatoms. The lowest BCUT2D eigenvalue weighted by Crippen LogP contribution is -2.12. The normalized spacial score (nSPS) is 29.8. The van der Waals surface area contributed by atoms with Crippen LogP contribution in [0.15, 0.2) is 0 Å². The van der Waals surface area contributed by atoms with Gasteiger partial charge in [0.2, 0.25) is 0 Å². The van der Waals surface area contributed by atoms with Crippen LogP contribution in [0.4, 0.5) is 0 Å². The van der Waals surface area contributed by atoms with Gasteiger partial charge in [0, 0.05) is 0 Å². The molecule has 0 aromatic rings. The van der Waals surface area contributed by atoms with Gasteiger partial charge in [-0.2, -0.15) is 0 Å².